The van der Waals surface area contributed by atoms with Crippen LogP contribution in [-0.2, 0) is 0 Å². The lowest BCUT2D eigenvalue weighted by atomic mass is 10.2. The quantitative estimate of drug-likeness (QED) is 0.727. The first kappa shape index (κ1) is 10.5. The van der Waals surface area contributed by atoms with Crippen molar-refractivity contribution in [2.75, 3.05) is 14.2 Å². The zero-order valence-electron chi connectivity index (χ0n) is 9.37. The van der Waals surface area contributed by atoms with Gasteiger partial charge in [0.05, 0.1) is 14.2 Å². The van der Waals surface area contributed by atoms with Crippen LogP contribution in [-0.4, -0.2) is 14.2 Å². The van der Waals surface area contributed by atoms with Gasteiger partial charge in [-0.15, -0.1) is 0 Å². The zero-order chi connectivity index (χ0) is 11.7. The summed E-state index contributed by atoms with van der Waals surface area (Å²) in [5.41, 5.74) is 0.729. The number of hydrogen-bond donors (Lipinski definition) is 0. The van der Waals surface area contributed by atoms with Gasteiger partial charge in [0, 0.05) is 17.0 Å². The number of aryl methyl sites for hydroxylation is 1. The van der Waals surface area contributed by atoms with Crippen LogP contribution < -0.4 is 15.1 Å². The third-order valence-corrected chi connectivity index (χ3v) is 2.41. The standard InChI is InChI=1S/C12H12O4/c1-7-4-8-5-10(14-2)11(15-3)6-9(8)16-12(7)13/h4-6H,1-3H3. The predicted octanol–water partition coefficient (Wildman–Crippen LogP) is 2.12. The third-order valence-electron chi connectivity index (χ3n) is 2.41. The molecule has 0 saturated carbocycles. The highest BCUT2D eigenvalue weighted by Gasteiger charge is 2.08. The summed E-state index contributed by atoms with van der Waals surface area (Å²) in [6, 6.07) is 5.20. The molecule has 0 fully saturated rings. The van der Waals surface area contributed by atoms with Gasteiger partial charge in [0.1, 0.15) is 5.58 Å². The minimum atomic E-state index is -0.334. The first-order valence-electron chi connectivity index (χ1n) is 4.82. The Hall–Kier alpha value is -1.97. The lowest BCUT2D eigenvalue weighted by Gasteiger charge is -2.08. The molecule has 1 aromatic heterocycles. The highest BCUT2D eigenvalue weighted by Crippen LogP contribution is 2.31. The van der Waals surface area contributed by atoms with E-state index in [1.54, 1.807) is 32.2 Å². The topological polar surface area (TPSA) is 48.7 Å². The molecular weight excluding hydrogens is 208 g/mol. The molecule has 0 aliphatic heterocycles. The van der Waals surface area contributed by atoms with E-state index in [0.29, 0.717) is 22.6 Å². The van der Waals surface area contributed by atoms with Crippen molar-refractivity contribution in [3.05, 3.63) is 34.2 Å². The fraction of sp³-hybridized carbons (Fsp3) is 0.250. The largest absolute Gasteiger partial charge is 0.493 e. The summed E-state index contributed by atoms with van der Waals surface area (Å²) in [7, 11) is 3.10. The highest BCUT2D eigenvalue weighted by atomic mass is 16.5. The van der Waals surface area contributed by atoms with E-state index in [-0.39, 0.29) is 5.63 Å². The molecule has 0 saturated heterocycles. The lowest BCUT2D eigenvalue weighted by molar-refractivity contribution is 0.355. The Morgan fingerprint density at radius 3 is 2.31 bits per heavy atom. The van der Waals surface area contributed by atoms with Gasteiger partial charge in [-0.3, -0.25) is 0 Å². The minimum absolute atomic E-state index is 0.334. The molecule has 4 nitrogen and oxygen atoms in total. The van der Waals surface area contributed by atoms with Gasteiger partial charge in [-0.05, 0) is 19.1 Å². The van der Waals surface area contributed by atoms with Gasteiger partial charge < -0.3 is 13.9 Å². The highest BCUT2D eigenvalue weighted by molar-refractivity contribution is 5.81. The van der Waals surface area contributed by atoms with Crippen LogP contribution >= 0.6 is 0 Å². The van der Waals surface area contributed by atoms with Gasteiger partial charge in [-0.25, -0.2) is 4.79 Å². The van der Waals surface area contributed by atoms with Crippen molar-refractivity contribution in [2.24, 2.45) is 0 Å². The molecule has 0 spiro atoms. The SMILES string of the molecule is COc1cc2cc(C)c(=O)oc2cc1OC. The maximum Gasteiger partial charge on any atom is 0.339 e. The minimum Gasteiger partial charge on any atom is -0.493 e. The van der Waals surface area contributed by atoms with Crippen LogP contribution in [0.25, 0.3) is 11.0 Å². The molecule has 0 atom stereocenters. The molecular formula is C12H12O4. The van der Waals surface area contributed by atoms with Gasteiger partial charge in [0.25, 0.3) is 0 Å². The molecule has 0 unspecified atom stereocenters. The number of ether oxygens (including phenoxy) is 2. The summed E-state index contributed by atoms with van der Waals surface area (Å²) in [5, 5.41) is 0.815. The van der Waals surface area contributed by atoms with E-state index in [1.807, 2.05) is 0 Å². The van der Waals surface area contributed by atoms with Gasteiger partial charge in [-0.2, -0.15) is 0 Å². The van der Waals surface area contributed by atoms with Crippen LogP contribution in [0.4, 0.5) is 0 Å². The van der Waals surface area contributed by atoms with Crippen molar-refractivity contribution in [1.82, 2.24) is 0 Å². The molecule has 1 heterocycles. The van der Waals surface area contributed by atoms with Crippen LogP contribution in [0.3, 0.4) is 0 Å². The van der Waals surface area contributed by atoms with E-state index in [9.17, 15) is 4.79 Å². The van der Waals surface area contributed by atoms with Crippen molar-refractivity contribution >= 4 is 11.0 Å². The number of methoxy groups -OCH3 is 2. The van der Waals surface area contributed by atoms with E-state index >= 15 is 0 Å². The fourth-order valence-electron chi connectivity index (χ4n) is 1.55. The van der Waals surface area contributed by atoms with Crippen molar-refractivity contribution < 1.29 is 13.9 Å². The Morgan fingerprint density at radius 1 is 1.06 bits per heavy atom. The molecule has 2 aromatic rings. The monoisotopic (exact) mass is 220 g/mol. The summed E-state index contributed by atoms with van der Waals surface area (Å²) in [6.45, 7) is 1.71. The second-order valence-corrected chi connectivity index (χ2v) is 3.46. The molecule has 16 heavy (non-hydrogen) atoms. The Balaban J connectivity index is 2.78. The summed E-state index contributed by atoms with van der Waals surface area (Å²) in [6.07, 6.45) is 0. The van der Waals surface area contributed by atoms with Crippen LogP contribution in [0.2, 0.25) is 0 Å². The summed E-state index contributed by atoms with van der Waals surface area (Å²) >= 11 is 0. The first-order chi connectivity index (χ1) is 7.65. The molecule has 2 rings (SSSR count). The zero-order valence-corrected chi connectivity index (χ0v) is 9.37. The molecule has 0 amide bonds. The molecule has 1 aromatic carbocycles. The normalized spacial score (nSPS) is 10.4. The van der Waals surface area contributed by atoms with Gasteiger partial charge in [-0.1, -0.05) is 0 Å². The number of hydrogen-bond acceptors (Lipinski definition) is 4. The number of fused-ring (bicyclic) bond motifs is 1. The molecule has 0 bridgehead atoms. The Kier molecular flexibility index (Phi) is 2.56. The Bertz CT molecular complexity index is 583. The van der Waals surface area contributed by atoms with Crippen LogP contribution in [0.5, 0.6) is 11.5 Å². The van der Waals surface area contributed by atoms with E-state index in [0.717, 1.165) is 5.39 Å². The predicted molar refractivity (Wildman–Crippen MR) is 60.3 cm³/mol. The first-order valence-corrected chi connectivity index (χ1v) is 4.82. The van der Waals surface area contributed by atoms with E-state index in [2.05, 4.69) is 0 Å². The molecule has 0 N–H and O–H groups in total. The third kappa shape index (κ3) is 1.62. The maximum absolute atomic E-state index is 11.3. The molecule has 0 aliphatic rings. The van der Waals surface area contributed by atoms with E-state index in [4.69, 9.17) is 13.9 Å². The number of benzene rings is 1. The van der Waals surface area contributed by atoms with Crippen molar-refractivity contribution in [3.8, 4) is 11.5 Å². The molecule has 0 aliphatic carbocycles. The average Bonchev–Trinajstić information content (AvgIpc) is 2.29. The van der Waals surface area contributed by atoms with Crippen molar-refractivity contribution in [3.63, 3.8) is 0 Å². The summed E-state index contributed by atoms with van der Waals surface area (Å²) < 4.78 is 15.4. The summed E-state index contributed by atoms with van der Waals surface area (Å²) in [5.74, 6) is 1.16. The van der Waals surface area contributed by atoms with E-state index in [1.165, 1.54) is 7.11 Å². The van der Waals surface area contributed by atoms with Gasteiger partial charge >= 0.3 is 5.63 Å². The molecule has 84 valence electrons. The second kappa shape index (κ2) is 3.89. The maximum atomic E-state index is 11.3. The smallest absolute Gasteiger partial charge is 0.339 e. The van der Waals surface area contributed by atoms with Gasteiger partial charge in [0.2, 0.25) is 0 Å². The van der Waals surface area contributed by atoms with Crippen LogP contribution in [0.1, 0.15) is 5.56 Å². The number of rotatable bonds is 2. The average molecular weight is 220 g/mol. The Labute approximate surface area is 92.4 Å². The summed E-state index contributed by atoms with van der Waals surface area (Å²) in [4.78, 5) is 11.3. The van der Waals surface area contributed by atoms with Crippen molar-refractivity contribution in [2.45, 2.75) is 6.92 Å². The van der Waals surface area contributed by atoms with Crippen LogP contribution in [0, 0.1) is 6.92 Å². The Morgan fingerprint density at radius 2 is 1.69 bits per heavy atom. The van der Waals surface area contributed by atoms with E-state index < -0.39 is 0 Å². The lowest BCUT2D eigenvalue weighted by Crippen LogP contribution is -2.02. The van der Waals surface area contributed by atoms with Crippen molar-refractivity contribution in [1.29, 1.82) is 0 Å². The fourth-order valence-corrected chi connectivity index (χ4v) is 1.55. The molecule has 4 heteroatoms. The van der Waals surface area contributed by atoms with Crippen LogP contribution in [0.15, 0.2) is 27.4 Å². The van der Waals surface area contributed by atoms with Gasteiger partial charge in [0.15, 0.2) is 11.5 Å². The second-order valence-electron chi connectivity index (χ2n) is 3.46. The molecule has 0 radical (unpaired) electrons.